The van der Waals surface area contributed by atoms with Gasteiger partial charge in [-0.25, -0.2) is 4.98 Å². The number of hydrogen-bond acceptors (Lipinski definition) is 5. The molecule has 1 saturated carbocycles. The fraction of sp³-hybridized carbons (Fsp3) is 0.409. The van der Waals surface area contributed by atoms with E-state index in [-0.39, 0.29) is 17.1 Å². The standard InChI is InChI=1S/C22H24BrN3O3S/c1-13-10-17(14(2)26(13)16-5-6-16)20(27)12-30-22-24-19-7-4-15(23)11-18(19)21(28)25(22)8-9-29-3/h4,7,10-11,16H,5-6,8-9,12H2,1-3H3. The number of ether oxygens (including phenoxy) is 1. The molecule has 4 rings (SSSR count). The summed E-state index contributed by atoms with van der Waals surface area (Å²) in [5, 5.41) is 1.08. The lowest BCUT2D eigenvalue weighted by Gasteiger charge is -2.13. The van der Waals surface area contributed by atoms with Gasteiger partial charge in [0, 0.05) is 34.6 Å². The van der Waals surface area contributed by atoms with Crippen LogP contribution in [-0.4, -0.2) is 39.4 Å². The van der Waals surface area contributed by atoms with E-state index in [1.54, 1.807) is 17.7 Å². The van der Waals surface area contributed by atoms with Crippen LogP contribution in [0.4, 0.5) is 0 Å². The first-order valence-corrected chi connectivity index (χ1v) is 11.7. The Kier molecular flexibility index (Phi) is 6.18. The third kappa shape index (κ3) is 4.13. The molecule has 0 amide bonds. The fourth-order valence-corrected chi connectivity index (χ4v) is 5.09. The molecule has 1 fully saturated rings. The molecule has 3 aromatic rings. The molecule has 0 unspecified atom stereocenters. The van der Waals surface area contributed by atoms with Gasteiger partial charge in [0.25, 0.3) is 5.56 Å². The molecule has 0 radical (unpaired) electrons. The normalized spacial score (nSPS) is 13.9. The molecule has 6 nitrogen and oxygen atoms in total. The maximum absolute atomic E-state index is 13.1. The molecule has 0 bridgehead atoms. The summed E-state index contributed by atoms with van der Waals surface area (Å²) in [6.45, 7) is 4.85. The van der Waals surface area contributed by atoms with Crippen LogP contribution in [0.1, 0.15) is 40.6 Å². The highest BCUT2D eigenvalue weighted by atomic mass is 79.9. The van der Waals surface area contributed by atoms with E-state index in [1.807, 2.05) is 25.1 Å². The zero-order valence-electron chi connectivity index (χ0n) is 17.3. The fourth-order valence-electron chi connectivity index (χ4n) is 3.82. The molecule has 1 aliphatic rings. The second-order valence-corrected chi connectivity index (χ2v) is 9.46. The van der Waals surface area contributed by atoms with Crippen molar-refractivity contribution >= 4 is 44.4 Å². The molecule has 30 heavy (non-hydrogen) atoms. The number of benzene rings is 1. The number of aryl methyl sites for hydroxylation is 1. The van der Waals surface area contributed by atoms with Crippen molar-refractivity contribution in [1.82, 2.24) is 14.1 Å². The van der Waals surface area contributed by atoms with E-state index in [1.165, 1.54) is 24.6 Å². The first-order valence-electron chi connectivity index (χ1n) is 9.94. The van der Waals surface area contributed by atoms with Crippen molar-refractivity contribution in [2.45, 2.75) is 44.4 Å². The Labute approximate surface area is 187 Å². The molecule has 0 atom stereocenters. The predicted octanol–water partition coefficient (Wildman–Crippen LogP) is 4.53. The van der Waals surface area contributed by atoms with E-state index in [4.69, 9.17) is 4.74 Å². The summed E-state index contributed by atoms with van der Waals surface area (Å²) < 4.78 is 9.88. The van der Waals surface area contributed by atoms with E-state index < -0.39 is 0 Å². The molecule has 0 saturated heterocycles. The Morgan fingerprint density at radius 2 is 2.07 bits per heavy atom. The molecule has 0 N–H and O–H groups in total. The molecule has 2 heterocycles. The number of hydrogen-bond donors (Lipinski definition) is 0. The van der Waals surface area contributed by atoms with Crippen molar-refractivity contribution in [3.63, 3.8) is 0 Å². The van der Waals surface area contributed by atoms with Crippen LogP contribution in [-0.2, 0) is 11.3 Å². The van der Waals surface area contributed by atoms with Crippen LogP contribution >= 0.6 is 27.7 Å². The van der Waals surface area contributed by atoms with Crippen molar-refractivity contribution in [1.29, 1.82) is 0 Å². The highest BCUT2D eigenvalue weighted by Gasteiger charge is 2.28. The quantitative estimate of drug-likeness (QED) is 0.264. The summed E-state index contributed by atoms with van der Waals surface area (Å²) >= 11 is 4.72. The van der Waals surface area contributed by atoms with E-state index in [2.05, 4.69) is 32.4 Å². The largest absolute Gasteiger partial charge is 0.383 e. The molecule has 0 aliphatic heterocycles. The molecule has 2 aromatic heterocycles. The van der Waals surface area contributed by atoms with Gasteiger partial charge >= 0.3 is 0 Å². The van der Waals surface area contributed by atoms with Crippen molar-refractivity contribution in [2.75, 3.05) is 19.5 Å². The van der Waals surface area contributed by atoms with Crippen molar-refractivity contribution in [2.24, 2.45) is 0 Å². The summed E-state index contributed by atoms with van der Waals surface area (Å²) in [4.78, 5) is 30.7. The maximum Gasteiger partial charge on any atom is 0.262 e. The smallest absolute Gasteiger partial charge is 0.262 e. The lowest BCUT2D eigenvalue weighted by molar-refractivity contribution is 0.102. The Morgan fingerprint density at radius 3 is 2.77 bits per heavy atom. The van der Waals surface area contributed by atoms with Gasteiger partial charge in [0.05, 0.1) is 29.8 Å². The average Bonchev–Trinajstić information content (AvgIpc) is 3.50. The van der Waals surface area contributed by atoms with Crippen LogP contribution in [0.25, 0.3) is 10.9 Å². The van der Waals surface area contributed by atoms with Gasteiger partial charge in [-0.2, -0.15) is 0 Å². The summed E-state index contributed by atoms with van der Waals surface area (Å²) in [6.07, 6.45) is 2.36. The molecule has 158 valence electrons. The number of nitrogens with zero attached hydrogens (tertiary/aromatic N) is 3. The number of halogens is 1. The van der Waals surface area contributed by atoms with Crippen molar-refractivity contribution in [3.8, 4) is 0 Å². The van der Waals surface area contributed by atoms with Crippen LogP contribution in [0.15, 0.2) is 38.7 Å². The minimum absolute atomic E-state index is 0.0587. The topological polar surface area (TPSA) is 66.1 Å². The summed E-state index contributed by atoms with van der Waals surface area (Å²) in [7, 11) is 1.60. The summed E-state index contributed by atoms with van der Waals surface area (Å²) in [6, 6.07) is 7.98. The Bertz CT molecular complexity index is 1180. The minimum atomic E-state index is -0.125. The predicted molar refractivity (Wildman–Crippen MR) is 123 cm³/mol. The molecular formula is C22H24BrN3O3S. The van der Waals surface area contributed by atoms with Crippen LogP contribution < -0.4 is 5.56 Å². The van der Waals surface area contributed by atoms with E-state index in [9.17, 15) is 9.59 Å². The molecule has 1 aliphatic carbocycles. The number of carbonyl (C=O) groups excluding carboxylic acids is 1. The second-order valence-electron chi connectivity index (χ2n) is 7.60. The zero-order chi connectivity index (χ0) is 21.4. The molecule has 8 heteroatoms. The molecule has 0 spiro atoms. The van der Waals surface area contributed by atoms with Gasteiger partial charge in [0.1, 0.15) is 0 Å². The van der Waals surface area contributed by atoms with Gasteiger partial charge in [-0.3, -0.25) is 14.2 Å². The van der Waals surface area contributed by atoms with Gasteiger partial charge < -0.3 is 9.30 Å². The minimum Gasteiger partial charge on any atom is -0.383 e. The number of aromatic nitrogens is 3. The highest BCUT2D eigenvalue weighted by molar-refractivity contribution is 9.10. The number of rotatable bonds is 8. The second kappa shape index (κ2) is 8.69. The van der Waals surface area contributed by atoms with E-state index in [0.29, 0.717) is 35.3 Å². The maximum atomic E-state index is 13.1. The number of thioether (sulfide) groups is 1. The third-order valence-electron chi connectivity index (χ3n) is 5.43. The monoisotopic (exact) mass is 489 g/mol. The Hall–Kier alpha value is -1.90. The van der Waals surface area contributed by atoms with Gasteiger partial charge in [0.2, 0.25) is 0 Å². The van der Waals surface area contributed by atoms with Gasteiger partial charge in [-0.05, 0) is 51.0 Å². The average molecular weight is 490 g/mol. The van der Waals surface area contributed by atoms with Crippen LogP contribution in [0.2, 0.25) is 0 Å². The Morgan fingerprint density at radius 1 is 1.30 bits per heavy atom. The number of Topliss-reactive ketones (excluding diaryl/α,β-unsaturated/α-hetero) is 1. The lowest BCUT2D eigenvalue weighted by atomic mass is 10.2. The number of methoxy groups -OCH3 is 1. The first-order chi connectivity index (χ1) is 14.4. The first kappa shape index (κ1) is 21.3. The highest BCUT2D eigenvalue weighted by Crippen LogP contribution is 2.38. The van der Waals surface area contributed by atoms with Gasteiger partial charge in [-0.1, -0.05) is 27.7 Å². The lowest BCUT2D eigenvalue weighted by Crippen LogP contribution is -2.25. The van der Waals surface area contributed by atoms with Crippen LogP contribution in [0.5, 0.6) is 0 Å². The van der Waals surface area contributed by atoms with Gasteiger partial charge in [0.15, 0.2) is 10.9 Å². The van der Waals surface area contributed by atoms with E-state index in [0.717, 1.165) is 21.4 Å². The van der Waals surface area contributed by atoms with E-state index >= 15 is 0 Å². The third-order valence-corrected chi connectivity index (χ3v) is 6.90. The molecule has 1 aromatic carbocycles. The zero-order valence-corrected chi connectivity index (χ0v) is 19.7. The summed E-state index contributed by atoms with van der Waals surface area (Å²) in [5.41, 5.74) is 3.44. The SMILES string of the molecule is COCCn1c(SCC(=O)c2cc(C)n(C3CC3)c2C)nc2ccc(Br)cc2c1=O. The van der Waals surface area contributed by atoms with Gasteiger partial charge in [-0.15, -0.1) is 0 Å². The summed E-state index contributed by atoms with van der Waals surface area (Å²) in [5.74, 6) is 0.291. The molecular weight excluding hydrogens is 466 g/mol. The van der Waals surface area contributed by atoms with Crippen LogP contribution in [0.3, 0.4) is 0 Å². The Balaban J connectivity index is 1.63. The number of ketones is 1. The number of carbonyl (C=O) groups is 1. The van der Waals surface area contributed by atoms with Crippen molar-refractivity contribution < 1.29 is 9.53 Å². The van der Waals surface area contributed by atoms with Crippen molar-refractivity contribution in [3.05, 3.63) is 56.0 Å². The van der Waals surface area contributed by atoms with Crippen LogP contribution in [0, 0.1) is 13.8 Å². The number of fused-ring (bicyclic) bond motifs is 1.